The molecule has 0 N–H and O–H groups in total. The molecule has 0 saturated carbocycles. The van der Waals surface area contributed by atoms with Crippen LogP contribution in [0.1, 0.15) is 54.4 Å². The van der Waals surface area contributed by atoms with Gasteiger partial charge in [-0.2, -0.15) is 0 Å². The third-order valence-electron chi connectivity index (χ3n) is 4.59. The van der Waals surface area contributed by atoms with E-state index in [1.165, 1.54) is 6.42 Å². The van der Waals surface area contributed by atoms with Gasteiger partial charge in [-0.1, -0.05) is 64.1 Å². The Bertz CT molecular complexity index is 247. The molecule has 1 aliphatic rings. The second-order valence-electron chi connectivity index (χ2n) is 6.67. The molecule has 1 aliphatic heterocycles. The van der Waals surface area contributed by atoms with E-state index in [9.17, 15) is 0 Å². The summed E-state index contributed by atoms with van der Waals surface area (Å²) in [5, 5.41) is 0. The summed E-state index contributed by atoms with van der Waals surface area (Å²) in [5.74, 6) is 0. The average Bonchev–Trinajstić information content (AvgIpc) is 2.69. The first kappa shape index (κ1) is 17.9. The highest BCUT2D eigenvalue weighted by molar-refractivity contribution is 14.1. The van der Waals surface area contributed by atoms with Gasteiger partial charge in [-0.15, -0.1) is 0 Å². The molecule has 1 rings (SSSR count). The molecule has 19 heavy (non-hydrogen) atoms. The van der Waals surface area contributed by atoms with Crippen LogP contribution in [-0.2, 0) is 9.16 Å². The summed E-state index contributed by atoms with van der Waals surface area (Å²) >= 11 is 2.53. The van der Waals surface area contributed by atoms with Crippen LogP contribution in [0.15, 0.2) is 0 Å². The van der Waals surface area contributed by atoms with Crippen molar-refractivity contribution in [1.82, 2.24) is 0 Å². The molecular formula is C15H31IO2Si. The lowest BCUT2D eigenvalue weighted by molar-refractivity contribution is 0.0909. The SMILES string of the molecule is CC(C)[Si](OCCC1OCCC1I)(C(C)C)C(C)C. The molecule has 0 bridgehead atoms. The van der Waals surface area contributed by atoms with E-state index in [1.54, 1.807) is 0 Å². The fourth-order valence-corrected chi connectivity index (χ4v) is 10.0. The molecule has 1 heterocycles. The first-order valence-electron chi connectivity index (χ1n) is 7.72. The molecule has 0 aliphatic carbocycles. The van der Waals surface area contributed by atoms with Gasteiger partial charge in [-0.25, -0.2) is 0 Å². The maximum Gasteiger partial charge on any atom is 0.200 e. The summed E-state index contributed by atoms with van der Waals surface area (Å²) < 4.78 is 13.0. The Hall–Kier alpha value is 0.867. The van der Waals surface area contributed by atoms with E-state index in [0.717, 1.165) is 19.6 Å². The molecule has 2 nitrogen and oxygen atoms in total. The van der Waals surface area contributed by atoms with Crippen LogP contribution in [0, 0.1) is 0 Å². The summed E-state index contributed by atoms with van der Waals surface area (Å²) in [5.41, 5.74) is 2.02. The lowest BCUT2D eigenvalue weighted by Gasteiger charge is -2.42. The number of hydrogen-bond acceptors (Lipinski definition) is 2. The lowest BCUT2D eigenvalue weighted by atomic mass is 10.2. The van der Waals surface area contributed by atoms with E-state index in [1.807, 2.05) is 0 Å². The smallest absolute Gasteiger partial charge is 0.200 e. The van der Waals surface area contributed by atoms with Crippen LogP contribution in [0.3, 0.4) is 0 Å². The molecule has 1 saturated heterocycles. The van der Waals surface area contributed by atoms with Crippen LogP contribution in [0.2, 0.25) is 16.6 Å². The maximum absolute atomic E-state index is 6.58. The van der Waals surface area contributed by atoms with E-state index in [0.29, 0.717) is 26.7 Å². The molecule has 2 unspecified atom stereocenters. The highest BCUT2D eigenvalue weighted by Crippen LogP contribution is 2.42. The van der Waals surface area contributed by atoms with Crippen molar-refractivity contribution in [2.75, 3.05) is 13.2 Å². The Kier molecular flexibility index (Phi) is 7.31. The Morgan fingerprint density at radius 3 is 2.00 bits per heavy atom. The van der Waals surface area contributed by atoms with Crippen molar-refractivity contribution in [1.29, 1.82) is 0 Å². The van der Waals surface area contributed by atoms with E-state index < -0.39 is 8.32 Å². The highest BCUT2D eigenvalue weighted by atomic mass is 127. The van der Waals surface area contributed by atoms with Crippen LogP contribution in [0.25, 0.3) is 0 Å². The first-order valence-corrected chi connectivity index (χ1v) is 11.1. The Labute approximate surface area is 134 Å². The van der Waals surface area contributed by atoms with Crippen LogP contribution >= 0.6 is 22.6 Å². The molecule has 0 amide bonds. The molecule has 2 atom stereocenters. The summed E-state index contributed by atoms with van der Waals surface area (Å²) in [4.78, 5) is 0. The van der Waals surface area contributed by atoms with Crippen molar-refractivity contribution in [3.05, 3.63) is 0 Å². The van der Waals surface area contributed by atoms with E-state index in [-0.39, 0.29) is 0 Å². The van der Waals surface area contributed by atoms with Crippen molar-refractivity contribution in [2.24, 2.45) is 0 Å². The van der Waals surface area contributed by atoms with E-state index in [4.69, 9.17) is 9.16 Å². The molecule has 0 spiro atoms. The summed E-state index contributed by atoms with van der Waals surface area (Å²) in [6.07, 6.45) is 2.68. The molecule has 0 aromatic carbocycles. The predicted octanol–water partition coefficient (Wildman–Crippen LogP) is 5.16. The van der Waals surface area contributed by atoms with Crippen molar-refractivity contribution in [3.63, 3.8) is 0 Å². The molecule has 0 radical (unpaired) electrons. The lowest BCUT2D eigenvalue weighted by Crippen LogP contribution is -2.48. The largest absolute Gasteiger partial charge is 0.416 e. The number of halogens is 1. The Morgan fingerprint density at radius 1 is 1.11 bits per heavy atom. The second-order valence-corrected chi connectivity index (χ2v) is 13.7. The van der Waals surface area contributed by atoms with Gasteiger partial charge >= 0.3 is 0 Å². The molecule has 0 aromatic heterocycles. The van der Waals surface area contributed by atoms with Crippen molar-refractivity contribution in [3.8, 4) is 0 Å². The highest BCUT2D eigenvalue weighted by Gasteiger charge is 2.45. The zero-order chi connectivity index (χ0) is 14.6. The topological polar surface area (TPSA) is 18.5 Å². The van der Waals surface area contributed by atoms with Gasteiger partial charge in [0, 0.05) is 17.1 Å². The van der Waals surface area contributed by atoms with Gasteiger partial charge in [-0.05, 0) is 29.5 Å². The van der Waals surface area contributed by atoms with E-state index >= 15 is 0 Å². The van der Waals surface area contributed by atoms with Gasteiger partial charge in [0.1, 0.15) is 0 Å². The Balaban J connectivity index is 2.58. The number of rotatable bonds is 7. The summed E-state index contributed by atoms with van der Waals surface area (Å²) in [6.45, 7) is 15.9. The fourth-order valence-electron chi connectivity index (χ4n) is 3.74. The van der Waals surface area contributed by atoms with Crippen molar-refractivity contribution in [2.45, 2.75) is 81.0 Å². The zero-order valence-electron chi connectivity index (χ0n) is 13.4. The van der Waals surface area contributed by atoms with Gasteiger partial charge in [0.25, 0.3) is 0 Å². The first-order chi connectivity index (χ1) is 8.82. The minimum Gasteiger partial charge on any atom is -0.416 e. The predicted molar refractivity (Wildman–Crippen MR) is 93.8 cm³/mol. The zero-order valence-corrected chi connectivity index (χ0v) is 16.6. The van der Waals surface area contributed by atoms with Crippen molar-refractivity contribution < 1.29 is 9.16 Å². The summed E-state index contributed by atoms with van der Waals surface area (Å²) in [7, 11) is -1.68. The van der Waals surface area contributed by atoms with Crippen LogP contribution in [0.5, 0.6) is 0 Å². The average molecular weight is 398 g/mol. The molecule has 114 valence electrons. The third-order valence-corrected chi connectivity index (χ3v) is 12.1. The van der Waals surface area contributed by atoms with Crippen molar-refractivity contribution >= 4 is 30.9 Å². The quantitative estimate of drug-likeness (QED) is 0.335. The number of ether oxygens (including phenoxy) is 1. The van der Waals surface area contributed by atoms with Gasteiger partial charge in [-0.3, -0.25) is 0 Å². The van der Waals surface area contributed by atoms with Gasteiger partial charge in [0.05, 0.1) is 6.10 Å². The minimum atomic E-state index is -1.68. The standard InChI is InChI=1S/C15H31IO2Si/c1-11(2)19(12(3)4,13(5)6)18-10-8-15-14(16)7-9-17-15/h11-15H,7-10H2,1-6H3. The van der Waals surface area contributed by atoms with Gasteiger partial charge < -0.3 is 9.16 Å². The van der Waals surface area contributed by atoms with Crippen LogP contribution in [-0.4, -0.2) is 31.6 Å². The molecule has 0 aromatic rings. The van der Waals surface area contributed by atoms with Crippen LogP contribution < -0.4 is 0 Å². The van der Waals surface area contributed by atoms with E-state index in [2.05, 4.69) is 64.1 Å². The fraction of sp³-hybridized carbons (Fsp3) is 1.00. The minimum absolute atomic E-state index is 0.416. The molecule has 1 fully saturated rings. The number of alkyl halides is 1. The number of hydrogen-bond donors (Lipinski definition) is 0. The monoisotopic (exact) mass is 398 g/mol. The van der Waals surface area contributed by atoms with Gasteiger partial charge in [0.15, 0.2) is 8.32 Å². The summed E-state index contributed by atoms with van der Waals surface area (Å²) in [6, 6.07) is 0. The second kappa shape index (κ2) is 7.76. The molecular weight excluding hydrogens is 367 g/mol. The van der Waals surface area contributed by atoms with Gasteiger partial charge in [0.2, 0.25) is 0 Å². The molecule has 4 heteroatoms. The normalized spacial score (nSPS) is 24.9. The maximum atomic E-state index is 6.58. The Morgan fingerprint density at radius 2 is 1.63 bits per heavy atom. The van der Waals surface area contributed by atoms with Crippen LogP contribution in [0.4, 0.5) is 0 Å². The third kappa shape index (κ3) is 4.17.